The van der Waals surface area contributed by atoms with Gasteiger partial charge in [-0.05, 0) is 12.8 Å². The van der Waals surface area contributed by atoms with Crippen LogP contribution in [0.5, 0.6) is 0 Å². The Bertz CT molecular complexity index is 412. The number of nitrogens with one attached hydrogen (secondary N) is 2. The quantitative estimate of drug-likeness (QED) is 0.492. The predicted octanol–water partition coefficient (Wildman–Crippen LogP) is 0.999. The lowest BCUT2D eigenvalue weighted by atomic mass is 10.1. The second-order valence-corrected chi connectivity index (χ2v) is 3.70. The van der Waals surface area contributed by atoms with Crippen LogP contribution in [0.4, 0.5) is 17.5 Å². The van der Waals surface area contributed by atoms with Gasteiger partial charge in [0.25, 0.3) is 0 Å². The fourth-order valence-corrected chi connectivity index (χ4v) is 1.46. The summed E-state index contributed by atoms with van der Waals surface area (Å²) in [5, 5.41) is 25.5. The van der Waals surface area contributed by atoms with Crippen molar-refractivity contribution in [2.75, 3.05) is 24.3 Å². The molecule has 1 aromatic heterocycles. The van der Waals surface area contributed by atoms with E-state index in [-0.39, 0.29) is 24.2 Å². The third-order valence-corrected chi connectivity index (χ3v) is 2.50. The lowest BCUT2D eigenvalue weighted by Crippen LogP contribution is -2.21. The molecule has 0 saturated carbocycles. The van der Waals surface area contributed by atoms with Gasteiger partial charge < -0.3 is 15.7 Å². The van der Waals surface area contributed by atoms with Crippen LogP contribution in [0.1, 0.15) is 19.8 Å². The highest BCUT2D eigenvalue weighted by molar-refractivity contribution is 5.57. The third-order valence-electron chi connectivity index (χ3n) is 2.50. The lowest BCUT2D eigenvalue weighted by molar-refractivity contribution is -0.384. The number of hydrogen-bond donors (Lipinski definition) is 3. The van der Waals surface area contributed by atoms with Gasteiger partial charge in [-0.15, -0.1) is 0 Å². The van der Waals surface area contributed by atoms with E-state index in [0.717, 1.165) is 12.6 Å². The summed E-state index contributed by atoms with van der Waals surface area (Å²) in [4.78, 5) is 18.2. The Morgan fingerprint density at radius 2 is 2.33 bits per heavy atom. The standard InChI is InChI=1S/C10H17N5O3/c1-3-7(4-5-16)13-9-8(15(17)18)6-12-10(11-2)14-9/h6-7,16H,3-5H2,1-2H3,(H2,11,12,13,14). The van der Waals surface area contributed by atoms with Gasteiger partial charge >= 0.3 is 5.69 Å². The highest BCUT2D eigenvalue weighted by atomic mass is 16.6. The second-order valence-electron chi connectivity index (χ2n) is 3.70. The summed E-state index contributed by atoms with van der Waals surface area (Å²) in [6, 6.07) is -0.0618. The second kappa shape index (κ2) is 6.70. The van der Waals surface area contributed by atoms with E-state index in [9.17, 15) is 10.1 Å². The highest BCUT2D eigenvalue weighted by Gasteiger charge is 2.19. The zero-order chi connectivity index (χ0) is 13.5. The van der Waals surface area contributed by atoms with Crippen molar-refractivity contribution in [3.63, 3.8) is 0 Å². The molecule has 3 N–H and O–H groups in total. The van der Waals surface area contributed by atoms with Gasteiger partial charge in [-0.3, -0.25) is 10.1 Å². The van der Waals surface area contributed by atoms with E-state index >= 15 is 0 Å². The van der Waals surface area contributed by atoms with E-state index in [1.165, 1.54) is 0 Å². The molecular weight excluding hydrogens is 238 g/mol. The molecule has 0 aromatic carbocycles. The summed E-state index contributed by atoms with van der Waals surface area (Å²) in [6.45, 7) is 1.95. The fraction of sp³-hybridized carbons (Fsp3) is 0.600. The molecule has 8 nitrogen and oxygen atoms in total. The Morgan fingerprint density at radius 1 is 1.61 bits per heavy atom. The van der Waals surface area contributed by atoms with Gasteiger partial charge in [-0.25, -0.2) is 4.98 Å². The summed E-state index contributed by atoms with van der Waals surface area (Å²) < 4.78 is 0. The number of nitro groups is 1. The topological polar surface area (TPSA) is 113 Å². The molecule has 0 radical (unpaired) electrons. The number of nitrogens with zero attached hydrogens (tertiary/aromatic N) is 3. The van der Waals surface area contributed by atoms with Crippen molar-refractivity contribution in [2.45, 2.75) is 25.8 Å². The van der Waals surface area contributed by atoms with Crippen LogP contribution >= 0.6 is 0 Å². The minimum Gasteiger partial charge on any atom is -0.396 e. The first-order chi connectivity index (χ1) is 8.62. The molecule has 1 atom stereocenters. The maximum absolute atomic E-state index is 10.9. The molecule has 1 aromatic rings. The van der Waals surface area contributed by atoms with Gasteiger partial charge in [0.05, 0.1) is 4.92 Å². The van der Waals surface area contributed by atoms with E-state index in [2.05, 4.69) is 20.6 Å². The zero-order valence-electron chi connectivity index (χ0n) is 10.4. The van der Waals surface area contributed by atoms with E-state index in [0.29, 0.717) is 12.4 Å². The minimum atomic E-state index is -0.534. The van der Waals surface area contributed by atoms with Crippen LogP contribution in [0, 0.1) is 10.1 Å². The average molecular weight is 255 g/mol. The molecule has 0 aliphatic rings. The van der Waals surface area contributed by atoms with E-state index in [4.69, 9.17) is 5.11 Å². The summed E-state index contributed by atoms with van der Waals surface area (Å²) in [6.07, 6.45) is 2.40. The van der Waals surface area contributed by atoms with Crippen molar-refractivity contribution in [1.29, 1.82) is 0 Å². The van der Waals surface area contributed by atoms with Gasteiger partial charge in [-0.2, -0.15) is 4.98 Å². The molecule has 1 rings (SSSR count). The smallest absolute Gasteiger partial charge is 0.329 e. The van der Waals surface area contributed by atoms with Crippen LogP contribution in [0.2, 0.25) is 0 Å². The SMILES string of the molecule is CCC(CCO)Nc1nc(NC)ncc1[N+](=O)[O-]. The maximum atomic E-state index is 10.9. The molecule has 0 aliphatic carbocycles. The third kappa shape index (κ3) is 3.52. The van der Waals surface area contributed by atoms with Crippen molar-refractivity contribution in [2.24, 2.45) is 0 Å². The van der Waals surface area contributed by atoms with E-state index in [1.54, 1.807) is 7.05 Å². The molecule has 0 spiro atoms. The molecule has 8 heteroatoms. The maximum Gasteiger partial charge on any atom is 0.329 e. The molecular formula is C10H17N5O3. The number of rotatable bonds is 7. The Morgan fingerprint density at radius 3 is 2.83 bits per heavy atom. The van der Waals surface area contributed by atoms with Crippen LogP contribution < -0.4 is 10.6 Å². The molecule has 1 heterocycles. The molecule has 18 heavy (non-hydrogen) atoms. The average Bonchev–Trinajstić information content (AvgIpc) is 2.37. The molecule has 0 aliphatic heterocycles. The normalized spacial score (nSPS) is 11.9. The van der Waals surface area contributed by atoms with Crippen LogP contribution in [-0.2, 0) is 0 Å². The summed E-state index contributed by atoms with van der Waals surface area (Å²) in [7, 11) is 1.63. The van der Waals surface area contributed by atoms with Gasteiger partial charge in [0.1, 0.15) is 6.20 Å². The molecule has 0 fully saturated rings. The summed E-state index contributed by atoms with van der Waals surface area (Å²) >= 11 is 0. The van der Waals surface area contributed by atoms with Crippen molar-refractivity contribution in [1.82, 2.24) is 9.97 Å². The van der Waals surface area contributed by atoms with Crippen LogP contribution in [0.3, 0.4) is 0 Å². The van der Waals surface area contributed by atoms with Gasteiger partial charge in [0.15, 0.2) is 0 Å². The summed E-state index contributed by atoms with van der Waals surface area (Å²) in [5.74, 6) is 0.474. The largest absolute Gasteiger partial charge is 0.396 e. The number of aliphatic hydroxyl groups is 1. The Labute approximate surface area is 105 Å². The van der Waals surface area contributed by atoms with Gasteiger partial charge in [0.2, 0.25) is 11.8 Å². The monoisotopic (exact) mass is 255 g/mol. The Balaban J connectivity index is 2.99. The first-order valence-corrected chi connectivity index (χ1v) is 5.68. The Hall–Kier alpha value is -1.96. The molecule has 100 valence electrons. The van der Waals surface area contributed by atoms with E-state index < -0.39 is 4.92 Å². The lowest BCUT2D eigenvalue weighted by Gasteiger charge is -2.16. The zero-order valence-corrected chi connectivity index (χ0v) is 10.4. The molecule has 0 saturated heterocycles. The van der Waals surface area contributed by atoms with Crippen LogP contribution in [0.25, 0.3) is 0 Å². The predicted molar refractivity (Wildman–Crippen MR) is 67.6 cm³/mol. The van der Waals surface area contributed by atoms with Gasteiger partial charge in [0, 0.05) is 19.7 Å². The van der Waals surface area contributed by atoms with Crippen molar-refractivity contribution in [3.8, 4) is 0 Å². The van der Waals surface area contributed by atoms with Gasteiger partial charge in [-0.1, -0.05) is 6.92 Å². The Kier molecular flexibility index (Phi) is 5.25. The van der Waals surface area contributed by atoms with Crippen LogP contribution in [0.15, 0.2) is 6.20 Å². The molecule has 0 bridgehead atoms. The highest BCUT2D eigenvalue weighted by Crippen LogP contribution is 2.23. The number of hydrogen-bond acceptors (Lipinski definition) is 7. The van der Waals surface area contributed by atoms with Crippen LogP contribution in [-0.4, -0.2) is 39.7 Å². The first-order valence-electron chi connectivity index (χ1n) is 5.68. The first kappa shape index (κ1) is 14.1. The fourth-order valence-electron chi connectivity index (χ4n) is 1.46. The van der Waals surface area contributed by atoms with Crippen molar-refractivity contribution >= 4 is 17.5 Å². The number of aliphatic hydroxyl groups excluding tert-OH is 1. The van der Waals surface area contributed by atoms with E-state index in [1.807, 2.05) is 6.92 Å². The molecule has 0 amide bonds. The number of anilines is 2. The number of aromatic nitrogens is 2. The summed E-state index contributed by atoms with van der Waals surface area (Å²) in [5.41, 5.74) is -0.176. The molecule has 1 unspecified atom stereocenters. The van der Waals surface area contributed by atoms with Crippen molar-refractivity contribution < 1.29 is 10.0 Å². The van der Waals surface area contributed by atoms with Crippen molar-refractivity contribution in [3.05, 3.63) is 16.3 Å². The minimum absolute atomic E-state index is 0.0171.